The molecule has 0 spiro atoms. The molecular weight excluding hydrogens is 190 g/mol. The molecule has 1 heterocycles. The van der Waals surface area contributed by atoms with Gasteiger partial charge in [-0.3, -0.25) is 14.6 Å². The predicted molar refractivity (Wildman–Crippen MR) is 58.1 cm³/mol. The number of ketones is 2. The minimum Gasteiger partial charge on any atom is -0.298 e. The summed E-state index contributed by atoms with van der Waals surface area (Å²) in [5.74, 6) is -0.325. The summed E-state index contributed by atoms with van der Waals surface area (Å²) in [6.07, 6.45) is 2.86. The molecule has 3 heteroatoms. The van der Waals surface area contributed by atoms with Gasteiger partial charge < -0.3 is 0 Å². The van der Waals surface area contributed by atoms with Gasteiger partial charge in [0.05, 0.1) is 0 Å². The quantitative estimate of drug-likeness (QED) is 0.615. The van der Waals surface area contributed by atoms with Crippen LogP contribution >= 0.6 is 0 Å². The Hall–Kier alpha value is -0.990. The first-order valence-corrected chi connectivity index (χ1v) is 5.58. The van der Waals surface area contributed by atoms with E-state index >= 15 is 0 Å². The van der Waals surface area contributed by atoms with E-state index in [4.69, 9.17) is 0 Å². The van der Waals surface area contributed by atoms with Gasteiger partial charge in [-0.05, 0) is 18.3 Å². The van der Waals surface area contributed by atoms with Crippen molar-refractivity contribution in [1.82, 2.24) is 0 Å². The van der Waals surface area contributed by atoms with E-state index in [2.05, 4.69) is 4.99 Å². The van der Waals surface area contributed by atoms with Crippen LogP contribution in [0.2, 0.25) is 0 Å². The zero-order valence-electron chi connectivity index (χ0n) is 9.38. The number of carbonyl (C=O) groups is 2. The number of carbonyl (C=O) groups excluding carboxylic acids is 2. The van der Waals surface area contributed by atoms with Gasteiger partial charge in [0.1, 0.15) is 17.5 Å². The number of aliphatic imine (C=N–C) groups is 1. The van der Waals surface area contributed by atoms with E-state index < -0.39 is 5.92 Å². The average molecular weight is 207 g/mol. The molecule has 1 saturated carbocycles. The molecule has 3 nitrogen and oxygen atoms in total. The molecule has 1 aliphatic heterocycles. The lowest BCUT2D eigenvalue weighted by Crippen LogP contribution is -2.41. The Labute approximate surface area is 90.0 Å². The molecule has 0 amide bonds. The monoisotopic (exact) mass is 207 g/mol. The SMILES string of the molecule is CC1(C)CC(=O)C(C2=NCCC2)C(=O)C1. The molecule has 0 saturated heterocycles. The minimum atomic E-state index is -0.486. The maximum atomic E-state index is 11.9. The van der Waals surface area contributed by atoms with Crippen LogP contribution in [0, 0.1) is 11.3 Å². The molecule has 1 fully saturated rings. The highest BCUT2D eigenvalue weighted by molar-refractivity contribution is 6.22. The van der Waals surface area contributed by atoms with Crippen LogP contribution in [-0.2, 0) is 9.59 Å². The molecule has 2 aliphatic rings. The molecule has 0 unspecified atom stereocenters. The van der Waals surface area contributed by atoms with Crippen LogP contribution in [0.25, 0.3) is 0 Å². The van der Waals surface area contributed by atoms with Crippen LogP contribution in [0.5, 0.6) is 0 Å². The number of hydrogen-bond donors (Lipinski definition) is 0. The lowest BCUT2D eigenvalue weighted by Gasteiger charge is -2.31. The molecule has 2 rings (SSSR count). The second-order valence-corrected chi connectivity index (χ2v) is 5.36. The van der Waals surface area contributed by atoms with E-state index in [1.54, 1.807) is 0 Å². The van der Waals surface area contributed by atoms with Crippen molar-refractivity contribution in [1.29, 1.82) is 0 Å². The molecule has 0 N–H and O–H groups in total. The summed E-state index contributed by atoms with van der Waals surface area (Å²) < 4.78 is 0. The Bertz CT molecular complexity index is 322. The van der Waals surface area contributed by atoms with E-state index in [1.807, 2.05) is 13.8 Å². The lowest BCUT2D eigenvalue weighted by molar-refractivity contribution is -0.136. The highest BCUT2D eigenvalue weighted by atomic mass is 16.2. The van der Waals surface area contributed by atoms with Crippen LogP contribution in [0.3, 0.4) is 0 Å². The maximum absolute atomic E-state index is 11.9. The van der Waals surface area contributed by atoms with Gasteiger partial charge in [-0.25, -0.2) is 0 Å². The van der Waals surface area contributed by atoms with Gasteiger partial charge in [-0.2, -0.15) is 0 Å². The van der Waals surface area contributed by atoms with Gasteiger partial charge >= 0.3 is 0 Å². The molecule has 0 bridgehead atoms. The summed E-state index contributed by atoms with van der Waals surface area (Å²) in [4.78, 5) is 28.1. The fourth-order valence-electron chi connectivity index (χ4n) is 2.56. The van der Waals surface area contributed by atoms with Crippen LogP contribution < -0.4 is 0 Å². The normalized spacial score (nSPS) is 26.9. The number of Topliss-reactive ketones (excluding diaryl/α,β-unsaturated/α-hetero) is 2. The third kappa shape index (κ3) is 2.01. The number of nitrogens with zero attached hydrogens (tertiary/aromatic N) is 1. The van der Waals surface area contributed by atoms with Gasteiger partial charge in [0.2, 0.25) is 0 Å². The molecular formula is C12H17NO2. The Kier molecular flexibility index (Phi) is 2.49. The van der Waals surface area contributed by atoms with Gasteiger partial charge in [-0.15, -0.1) is 0 Å². The smallest absolute Gasteiger partial charge is 0.149 e. The summed E-state index contributed by atoms with van der Waals surface area (Å²) in [7, 11) is 0. The first-order valence-electron chi connectivity index (χ1n) is 5.58. The van der Waals surface area contributed by atoms with Gasteiger partial charge in [0, 0.05) is 25.1 Å². The fourth-order valence-corrected chi connectivity index (χ4v) is 2.56. The fraction of sp³-hybridized carbons (Fsp3) is 0.750. The summed E-state index contributed by atoms with van der Waals surface area (Å²) in [6.45, 7) is 4.75. The molecule has 1 aliphatic carbocycles. The van der Waals surface area contributed by atoms with Crippen molar-refractivity contribution < 1.29 is 9.59 Å². The second kappa shape index (κ2) is 3.54. The van der Waals surface area contributed by atoms with E-state index in [0.717, 1.165) is 25.1 Å². The first kappa shape index (κ1) is 10.5. The Balaban J connectivity index is 2.20. The van der Waals surface area contributed by atoms with Crippen molar-refractivity contribution >= 4 is 17.3 Å². The third-order valence-electron chi connectivity index (χ3n) is 3.19. The minimum absolute atomic E-state index is 0.0805. The third-order valence-corrected chi connectivity index (χ3v) is 3.19. The van der Waals surface area contributed by atoms with Crippen molar-refractivity contribution in [3.8, 4) is 0 Å². The zero-order valence-corrected chi connectivity index (χ0v) is 9.38. The van der Waals surface area contributed by atoms with Gasteiger partial charge in [0.25, 0.3) is 0 Å². The molecule has 0 aromatic heterocycles. The highest BCUT2D eigenvalue weighted by Crippen LogP contribution is 2.35. The van der Waals surface area contributed by atoms with Crippen molar-refractivity contribution in [2.75, 3.05) is 6.54 Å². The van der Waals surface area contributed by atoms with E-state index in [-0.39, 0.29) is 17.0 Å². The molecule has 0 atom stereocenters. The van der Waals surface area contributed by atoms with Crippen molar-refractivity contribution in [3.05, 3.63) is 0 Å². The second-order valence-electron chi connectivity index (χ2n) is 5.36. The average Bonchev–Trinajstić information content (AvgIpc) is 2.52. The Morgan fingerprint density at radius 2 is 1.80 bits per heavy atom. The first-order chi connectivity index (χ1) is 6.99. The van der Waals surface area contributed by atoms with Crippen LogP contribution in [0.4, 0.5) is 0 Å². The number of rotatable bonds is 1. The van der Waals surface area contributed by atoms with E-state index in [9.17, 15) is 9.59 Å². The molecule has 0 radical (unpaired) electrons. The molecule has 0 aromatic rings. The predicted octanol–water partition coefficient (Wildman–Crippen LogP) is 1.80. The topological polar surface area (TPSA) is 46.5 Å². The van der Waals surface area contributed by atoms with Crippen LogP contribution in [0.15, 0.2) is 4.99 Å². The largest absolute Gasteiger partial charge is 0.298 e. The molecule has 0 aromatic carbocycles. The van der Waals surface area contributed by atoms with Crippen molar-refractivity contribution in [3.63, 3.8) is 0 Å². The summed E-state index contributed by atoms with van der Waals surface area (Å²) in [5.41, 5.74) is 0.699. The highest BCUT2D eigenvalue weighted by Gasteiger charge is 2.42. The van der Waals surface area contributed by atoms with Crippen molar-refractivity contribution in [2.24, 2.45) is 16.3 Å². The molecule has 15 heavy (non-hydrogen) atoms. The van der Waals surface area contributed by atoms with Gasteiger partial charge in [0.15, 0.2) is 0 Å². The van der Waals surface area contributed by atoms with Crippen molar-refractivity contribution in [2.45, 2.75) is 39.5 Å². The summed E-state index contributed by atoms with van der Waals surface area (Å²) in [6, 6.07) is 0. The molecule has 82 valence electrons. The number of hydrogen-bond acceptors (Lipinski definition) is 3. The zero-order chi connectivity index (χ0) is 11.1. The van der Waals surface area contributed by atoms with Gasteiger partial charge in [-0.1, -0.05) is 13.8 Å². The summed E-state index contributed by atoms with van der Waals surface area (Å²) in [5, 5.41) is 0. The van der Waals surface area contributed by atoms with Crippen LogP contribution in [-0.4, -0.2) is 23.8 Å². The van der Waals surface area contributed by atoms with E-state index in [0.29, 0.717) is 12.8 Å². The standard InChI is InChI=1S/C12H17NO2/c1-12(2)6-9(14)11(10(15)7-12)8-4-3-5-13-8/h11H,3-7H2,1-2H3. The Morgan fingerprint density at radius 3 is 2.27 bits per heavy atom. The van der Waals surface area contributed by atoms with E-state index in [1.165, 1.54) is 0 Å². The Morgan fingerprint density at radius 1 is 1.20 bits per heavy atom. The van der Waals surface area contributed by atoms with Crippen LogP contribution in [0.1, 0.15) is 39.5 Å². The summed E-state index contributed by atoms with van der Waals surface area (Å²) >= 11 is 0. The lowest BCUT2D eigenvalue weighted by atomic mass is 9.70. The maximum Gasteiger partial charge on any atom is 0.149 e.